The standard InChI is InChI=1S/C18H18F3N5/c1-11-8-12(13-2-4-23-17-14(13)3-5-24-17)9-16(25-11)26-7-6-22-10-15(26)18(19,20)21/h2-5,8-9,15,22,25H,1,6-7,10H2,(H,23,24). The Morgan fingerprint density at radius 2 is 2.08 bits per heavy atom. The Morgan fingerprint density at radius 3 is 2.88 bits per heavy atom. The number of aromatic amines is 1. The molecule has 2 aromatic rings. The highest BCUT2D eigenvalue weighted by Crippen LogP contribution is 2.32. The number of rotatable bonds is 2. The SMILES string of the molecule is C=C1C=C(c2ccnc3[nH]ccc23)C=C(N2CCNCC2C(F)(F)F)N1. The molecule has 0 radical (unpaired) electrons. The third-order valence-corrected chi connectivity index (χ3v) is 4.61. The van der Waals surface area contributed by atoms with E-state index in [1.807, 2.05) is 18.2 Å². The first-order valence-electron chi connectivity index (χ1n) is 8.29. The Kier molecular flexibility index (Phi) is 3.99. The van der Waals surface area contributed by atoms with Gasteiger partial charge in [-0.1, -0.05) is 6.58 Å². The van der Waals surface area contributed by atoms with Gasteiger partial charge < -0.3 is 20.5 Å². The van der Waals surface area contributed by atoms with Crippen molar-refractivity contribution in [3.63, 3.8) is 0 Å². The summed E-state index contributed by atoms with van der Waals surface area (Å²) in [6, 6.07) is 2.18. The summed E-state index contributed by atoms with van der Waals surface area (Å²) in [5, 5.41) is 6.73. The molecule has 1 saturated heterocycles. The molecule has 2 aromatic heterocycles. The number of hydrogen-bond donors (Lipinski definition) is 3. The molecule has 0 aromatic carbocycles. The number of H-pyrrole nitrogens is 1. The second-order valence-corrected chi connectivity index (χ2v) is 6.33. The Labute approximate surface area is 148 Å². The molecular formula is C18H18F3N5. The number of pyridine rings is 1. The molecule has 0 aliphatic carbocycles. The highest BCUT2D eigenvalue weighted by Gasteiger charge is 2.45. The Hall–Kier alpha value is -2.74. The van der Waals surface area contributed by atoms with Crippen molar-refractivity contribution < 1.29 is 13.2 Å². The van der Waals surface area contributed by atoms with Gasteiger partial charge in [0.2, 0.25) is 0 Å². The zero-order chi connectivity index (χ0) is 18.3. The number of hydrogen-bond acceptors (Lipinski definition) is 4. The van der Waals surface area contributed by atoms with Crippen molar-refractivity contribution >= 4 is 16.6 Å². The fourth-order valence-corrected chi connectivity index (χ4v) is 3.42. The summed E-state index contributed by atoms with van der Waals surface area (Å²) >= 11 is 0. The lowest BCUT2D eigenvalue weighted by Gasteiger charge is -2.41. The van der Waals surface area contributed by atoms with Crippen LogP contribution in [-0.2, 0) is 0 Å². The van der Waals surface area contributed by atoms with Crippen molar-refractivity contribution in [2.24, 2.45) is 0 Å². The molecule has 2 aliphatic rings. The summed E-state index contributed by atoms with van der Waals surface area (Å²) in [4.78, 5) is 8.67. The number of fused-ring (bicyclic) bond motifs is 1. The summed E-state index contributed by atoms with van der Waals surface area (Å²) in [5.41, 5.74) is 2.99. The number of nitrogens with zero attached hydrogens (tertiary/aromatic N) is 2. The molecule has 8 heteroatoms. The average Bonchev–Trinajstić information content (AvgIpc) is 3.09. The van der Waals surface area contributed by atoms with E-state index >= 15 is 0 Å². The maximum Gasteiger partial charge on any atom is 0.410 e. The van der Waals surface area contributed by atoms with Crippen LogP contribution in [0.2, 0.25) is 0 Å². The first-order valence-corrected chi connectivity index (χ1v) is 8.29. The second kappa shape index (κ2) is 6.21. The van der Waals surface area contributed by atoms with Crippen molar-refractivity contribution in [1.29, 1.82) is 0 Å². The van der Waals surface area contributed by atoms with Gasteiger partial charge in [-0.15, -0.1) is 0 Å². The number of piperazine rings is 1. The van der Waals surface area contributed by atoms with Gasteiger partial charge in [0, 0.05) is 43.1 Å². The van der Waals surface area contributed by atoms with Crippen molar-refractivity contribution in [2.75, 3.05) is 19.6 Å². The fraction of sp³-hybridized carbons (Fsp3) is 0.278. The van der Waals surface area contributed by atoms with Crippen LogP contribution < -0.4 is 10.6 Å². The van der Waals surface area contributed by atoms with E-state index in [0.717, 1.165) is 22.2 Å². The van der Waals surface area contributed by atoms with Crippen molar-refractivity contribution in [1.82, 2.24) is 25.5 Å². The fourth-order valence-electron chi connectivity index (χ4n) is 3.42. The normalized spacial score (nSPS) is 21.4. The quantitative estimate of drug-likeness (QED) is 0.770. The van der Waals surface area contributed by atoms with Crippen LogP contribution >= 0.6 is 0 Å². The molecule has 1 fully saturated rings. The maximum absolute atomic E-state index is 13.4. The number of halogens is 3. The van der Waals surface area contributed by atoms with E-state index in [2.05, 4.69) is 27.2 Å². The molecule has 2 aliphatic heterocycles. The van der Waals surface area contributed by atoms with Crippen LogP contribution in [0.4, 0.5) is 13.2 Å². The first kappa shape index (κ1) is 16.7. The number of nitrogens with one attached hydrogen (secondary N) is 3. The lowest BCUT2D eigenvalue weighted by molar-refractivity contribution is -0.182. The van der Waals surface area contributed by atoms with E-state index in [4.69, 9.17) is 0 Å². The smallest absolute Gasteiger partial charge is 0.346 e. The molecule has 4 heterocycles. The third-order valence-electron chi connectivity index (χ3n) is 4.61. The predicted octanol–water partition coefficient (Wildman–Crippen LogP) is 2.74. The van der Waals surface area contributed by atoms with E-state index < -0.39 is 12.2 Å². The molecule has 4 rings (SSSR count). The first-order chi connectivity index (χ1) is 12.4. The largest absolute Gasteiger partial charge is 0.410 e. The topological polar surface area (TPSA) is 56.0 Å². The highest BCUT2D eigenvalue weighted by molar-refractivity contribution is 5.94. The molecule has 136 valence electrons. The van der Waals surface area contributed by atoms with Gasteiger partial charge >= 0.3 is 6.18 Å². The van der Waals surface area contributed by atoms with Crippen LogP contribution in [0.15, 0.2) is 54.8 Å². The van der Waals surface area contributed by atoms with Gasteiger partial charge in [-0.3, -0.25) is 0 Å². The molecule has 0 saturated carbocycles. The van der Waals surface area contributed by atoms with Crippen LogP contribution in [0.5, 0.6) is 0 Å². The minimum atomic E-state index is -4.32. The van der Waals surface area contributed by atoms with Crippen molar-refractivity contribution in [2.45, 2.75) is 12.2 Å². The van der Waals surface area contributed by atoms with Gasteiger partial charge in [-0.25, -0.2) is 4.98 Å². The predicted molar refractivity (Wildman–Crippen MR) is 93.8 cm³/mol. The Bertz CT molecular complexity index is 909. The van der Waals surface area contributed by atoms with E-state index in [0.29, 0.717) is 18.1 Å². The number of aromatic nitrogens is 2. The molecule has 26 heavy (non-hydrogen) atoms. The van der Waals surface area contributed by atoms with Gasteiger partial charge in [0.15, 0.2) is 0 Å². The van der Waals surface area contributed by atoms with E-state index in [1.165, 1.54) is 4.90 Å². The van der Waals surface area contributed by atoms with Crippen LogP contribution in [0.25, 0.3) is 16.6 Å². The highest BCUT2D eigenvalue weighted by atomic mass is 19.4. The second-order valence-electron chi connectivity index (χ2n) is 6.33. The summed E-state index contributed by atoms with van der Waals surface area (Å²) in [5.74, 6) is 0.414. The zero-order valence-corrected chi connectivity index (χ0v) is 13.9. The molecule has 0 spiro atoms. The minimum Gasteiger partial charge on any atom is -0.346 e. The summed E-state index contributed by atoms with van der Waals surface area (Å²) in [7, 11) is 0. The van der Waals surface area contributed by atoms with Gasteiger partial charge in [0.1, 0.15) is 17.5 Å². The number of allylic oxidation sites excluding steroid dienone is 3. The average molecular weight is 361 g/mol. The molecule has 3 N–H and O–H groups in total. The Morgan fingerprint density at radius 1 is 1.23 bits per heavy atom. The molecule has 1 atom stereocenters. The van der Waals surface area contributed by atoms with Crippen LogP contribution in [0, 0.1) is 0 Å². The van der Waals surface area contributed by atoms with Gasteiger partial charge in [0.25, 0.3) is 0 Å². The van der Waals surface area contributed by atoms with Gasteiger partial charge in [-0.2, -0.15) is 13.2 Å². The zero-order valence-electron chi connectivity index (χ0n) is 13.9. The molecule has 0 bridgehead atoms. The minimum absolute atomic E-state index is 0.134. The van der Waals surface area contributed by atoms with Crippen LogP contribution in [0.3, 0.4) is 0 Å². The Balaban J connectivity index is 1.75. The van der Waals surface area contributed by atoms with Crippen LogP contribution in [-0.4, -0.2) is 46.7 Å². The van der Waals surface area contributed by atoms with E-state index in [9.17, 15) is 13.2 Å². The summed E-state index contributed by atoms with van der Waals surface area (Å²) < 4.78 is 40.3. The molecule has 1 unspecified atom stereocenters. The summed E-state index contributed by atoms with van der Waals surface area (Å²) in [6.07, 6.45) is 2.73. The molecular weight excluding hydrogens is 343 g/mol. The number of alkyl halides is 3. The lowest BCUT2D eigenvalue weighted by Crippen LogP contribution is -2.58. The summed E-state index contributed by atoms with van der Waals surface area (Å²) in [6.45, 7) is 4.54. The molecule has 5 nitrogen and oxygen atoms in total. The van der Waals surface area contributed by atoms with E-state index in [-0.39, 0.29) is 13.1 Å². The lowest BCUT2D eigenvalue weighted by atomic mass is 10.00. The van der Waals surface area contributed by atoms with Gasteiger partial charge in [-0.05, 0) is 35.4 Å². The van der Waals surface area contributed by atoms with Crippen molar-refractivity contribution in [3.05, 3.63) is 60.3 Å². The van der Waals surface area contributed by atoms with Crippen LogP contribution in [0.1, 0.15) is 5.56 Å². The van der Waals surface area contributed by atoms with Gasteiger partial charge in [0.05, 0.1) is 0 Å². The van der Waals surface area contributed by atoms with Crippen molar-refractivity contribution in [3.8, 4) is 0 Å². The maximum atomic E-state index is 13.4. The third kappa shape index (κ3) is 2.96. The number of dihydropyridines is 1. The molecule has 0 amide bonds. The monoisotopic (exact) mass is 361 g/mol. The van der Waals surface area contributed by atoms with E-state index in [1.54, 1.807) is 18.5 Å².